The number of nitrogens with one attached hydrogen (secondary N) is 2. The highest BCUT2D eigenvalue weighted by Gasteiger charge is 2.42. The number of alkyl halides is 2. The first-order valence-corrected chi connectivity index (χ1v) is 6.55. The zero-order valence-corrected chi connectivity index (χ0v) is 10.3. The van der Waals surface area contributed by atoms with Crippen LogP contribution in [-0.4, -0.2) is 44.7 Å². The molecule has 0 aromatic carbocycles. The summed E-state index contributed by atoms with van der Waals surface area (Å²) in [6.07, 6.45) is 1.07. The molecule has 0 aromatic heterocycles. The summed E-state index contributed by atoms with van der Waals surface area (Å²) in [5.74, 6) is 1.06. The molecule has 2 aliphatic rings. The molecule has 1 aliphatic carbocycles. The summed E-state index contributed by atoms with van der Waals surface area (Å²) >= 11 is 0. The number of ether oxygens (including phenoxy) is 1. The van der Waals surface area contributed by atoms with Gasteiger partial charge in [-0.25, -0.2) is 8.78 Å². The molecule has 0 radical (unpaired) electrons. The van der Waals surface area contributed by atoms with E-state index in [2.05, 4.69) is 10.6 Å². The van der Waals surface area contributed by atoms with Crippen molar-refractivity contribution in [3.8, 4) is 0 Å². The highest BCUT2D eigenvalue weighted by molar-refractivity contribution is 5.82. The Morgan fingerprint density at radius 1 is 1.44 bits per heavy atom. The lowest BCUT2D eigenvalue weighted by Gasteiger charge is -2.17. The van der Waals surface area contributed by atoms with Gasteiger partial charge < -0.3 is 15.4 Å². The van der Waals surface area contributed by atoms with Gasteiger partial charge in [0.25, 0.3) is 6.43 Å². The van der Waals surface area contributed by atoms with Crippen LogP contribution in [-0.2, 0) is 9.53 Å². The molecule has 104 valence electrons. The number of carbonyl (C=O) groups excluding carboxylic acids is 1. The van der Waals surface area contributed by atoms with Crippen molar-refractivity contribution in [1.82, 2.24) is 10.6 Å². The van der Waals surface area contributed by atoms with Gasteiger partial charge in [0.05, 0.1) is 12.6 Å². The van der Waals surface area contributed by atoms with Crippen LogP contribution < -0.4 is 10.6 Å². The lowest BCUT2D eigenvalue weighted by Crippen LogP contribution is -2.44. The van der Waals surface area contributed by atoms with Crippen LogP contribution in [0.4, 0.5) is 8.78 Å². The summed E-state index contributed by atoms with van der Waals surface area (Å²) in [4.78, 5) is 11.9. The lowest BCUT2D eigenvalue weighted by molar-refractivity contribution is -0.124. The lowest BCUT2D eigenvalue weighted by atomic mass is 9.94. The van der Waals surface area contributed by atoms with E-state index in [0.717, 1.165) is 13.0 Å². The van der Waals surface area contributed by atoms with Gasteiger partial charge in [-0.05, 0) is 31.2 Å². The summed E-state index contributed by atoms with van der Waals surface area (Å²) in [7, 11) is 0. The smallest absolute Gasteiger partial charge is 0.261 e. The van der Waals surface area contributed by atoms with Crippen molar-refractivity contribution in [2.75, 3.05) is 26.3 Å². The van der Waals surface area contributed by atoms with E-state index in [0.29, 0.717) is 18.4 Å². The molecule has 2 N–H and O–H groups in total. The van der Waals surface area contributed by atoms with E-state index in [1.54, 1.807) is 0 Å². The number of hydrogen-bond acceptors (Lipinski definition) is 3. The van der Waals surface area contributed by atoms with Crippen LogP contribution >= 0.6 is 0 Å². The molecule has 2 fully saturated rings. The third-order valence-corrected chi connectivity index (χ3v) is 3.82. The molecule has 0 aromatic rings. The maximum absolute atomic E-state index is 11.9. The van der Waals surface area contributed by atoms with Crippen molar-refractivity contribution in [3.63, 3.8) is 0 Å². The SMILES string of the molecule is O=C(NCCOCC(F)F)C1NCC2CCCC21. The van der Waals surface area contributed by atoms with Gasteiger partial charge in [-0.15, -0.1) is 0 Å². The average molecular weight is 262 g/mol. The van der Waals surface area contributed by atoms with E-state index in [4.69, 9.17) is 4.74 Å². The first kappa shape index (κ1) is 13.7. The van der Waals surface area contributed by atoms with Gasteiger partial charge in [0, 0.05) is 6.54 Å². The molecule has 1 aliphatic heterocycles. The first-order chi connectivity index (χ1) is 8.68. The van der Waals surface area contributed by atoms with Crippen LogP contribution in [0.3, 0.4) is 0 Å². The summed E-state index contributed by atoms with van der Waals surface area (Å²) in [6.45, 7) is 0.783. The molecule has 1 saturated heterocycles. The average Bonchev–Trinajstić information content (AvgIpc) is 2.89. The highest BCUT2D eigenvalue weighted by atomic mass is 19.3. The molecular weight excluding hydrogens is 242 g/mol. The van der Waals surface area contributed by atoms with Crippen LogP contribution in [0.1, 0.15) is 19.3 Å². The third kappa shape index (κ3) is 3.38. The van der Waals surface area contributed by atoms with E-state index in [-0.39, 0.29) is 18.6 Å². The van der Waals surface area contributed by atoms with E-state index in [1.807, 2.05) is 0 Å². The van der Waals surface area contributed by atoms with Crippen LogP contribution in [0.5, 0.6) is 0 Å². The predicted molar refractivity (Wildman–Crippen MR) is 62.5 cm³/mol. The van der Waals surface area contributed by atoms with Crippen molar-refractivity contribution >= 4 is 5.91 Å². The number of rotatable bonds is 6. The Bertz CT molecular complexity index is 289. The molecule has 0 spiro atoms. The van der Waals surface area contributed by atoms with Crippen LogP contribution in [0.15, 0.2) is 0 Å². The summed E-state index contributed by atoms with van der Waals surface area (Å²) < 4.78 is 28.3. The fraction of sp³-hybridized carbons (Fsp3) is 0.917. The molecule has 1 heterocycles. The quantitative estimate of drug-likeness (QED) is 0.695. The van der Waals surface area contributed by atoms with Crippen molar-refractivity contribution in [2.24, 2.45) is 11.8 Å². The van der Waals surface area contributed by atoms with Gasteiger partial charge in [0.15, 0.2) is 0 Å². The largest absolute Gasteiger partial charge is 0.374 e. The summed E-state index contributed by atoms with van der Waals surface area (Å²) in [6, 6.07) is -0.104. The zero-order chi connectivity index (χ0) is 13.0. The Morgan fingerprint density at radius 2 is 2.28 bits per heavy atom. The molecule has 3 atom stereocenters. The molecule has 6 heteroatoms. The van der Waals surface area contributed by atoms with Crippen molar-refractivity contribution < 1.29 is 18.3 Å². The summed E-state index contributed by atoms with van der Waals surface area (Å²) in [5, 5.41) is 5.98. The fourth-order valence-corrected chi connectivity index (χ4v) is 3.00. The predicted octanol–water partition coefficient (Wildman–Crippen LogP) is 0.772. The molecule has 3 unspecified atom stereocenters. The number of hydrogen-bond donors (Lipinski definition) is 2. The third-order valence-electron chi connectivity index (χ3n) is 3.82. The minimum Gasteiger partial charge on any atom is -0.374 e. The molecule has 18 heavy (non-hydrogen) atoms. The van der Waals surface area contributed by atoms with Crippen LogP contribution in [0.25, 0.3) is 0 Å². The van der Waals surface area contributed by atoms with Crippen LogP contribution in [0, 0.1) is 11.8 Å². The normalized spacial score (nSPS) is 30.7. The second-order valence-corrected chi connectivity index (χ2v) is 5.00. The second-order valence-electron chi connectivity index (χ2n) is 5.00. The van der Waals surface area contributed by atoms with E-state index >= 15 is 0 Å². The maximum Gasteiger partial charge on any atom is 0.261 e. The van der Waals surface area contributed by atoms with E-state index in [1.165, 1.54) is 12.8 Å². The Kier molecular flexibility index (Phi) is 4.88. The van der Waals surface area contributed by atoms with Crippen molar-refractivity contribution in [2.45, 2.75) is 31.7 Å². The number of amides is 1. The Morgan fingerprint density at radius 3 is 3.06 bits per heavy atom. The zero-order valence-electron chi connectivity index (χ0n) is 10.3. The van der Waals surface area contributed by atoms with Gasteiger partial charge in [-0.2, -0.15) is 0 Å². The molecule has 1 saturated carbocycles. The molecule has 4 nitrogen and oxygen atoms in total. The van der Waals surface area contributed by atoms with Gasteiger partial charge in [0.1, 0.15) is 6.61 Å². The second kappa shape index (κ2) is 6.43. The molecule has 2 rings (SSSR count). The van der Waals surface area contributed by atoms with Gasteiger partial charge in [0.2, 0.25) is 5.91 Å². The molecule has 1 amide bonds. The summed E-state index contributed by atoms with van der Waals surface area (Å²) in [5.41, 5.74) is 0. The molecular formula is C12H20F2N2O2. The number of halogens is 2. The van der Waals surface area contributed by atoms with Crippen molar-refractivity contribution in [1.29, 1.82) is 0 Å². The Hall–Kier alpha value is -0.750. The first-order valence-electron chi connectivity index (χ1n) is 6.55. The van der Waals surface area contributed by atoms with Crippen molar-refractivity contribution in [3.05, 3.63) is 0 Å². The topological polar surface area (TPSA) is 50.4 Å². The van der Waals surface area contributed by atoms with Gasteiger partial charge >= 0.3 is 0 Å². The standard InChI is InChI=1S/C12H20F2N2O2/c13-10(14)7-18-5-4-15-12(17)11-9-3-1-2-8(9)6-16-11/h8-11,16H,1-7H2,(H,15,17). The molecule has 0 bridgehead atoms. The number of carbonyl (C=O) groups is 1. The minimum absolute atomic E-state index is 0.0231. The van der Waals surface area contributed by atoms with E-state index in [9.17, 15) is 13.6 Å². The fourth-order valence-electron chi connectivity index (χ4n) is 3.00. The Balaban J connectivity index is 1.63. The number of fused-ring (bicyclic) bond motifs is 1. The van der Waals surface area contributed by atoms with Crippen LogP contribution in [0.2, 0.25) is 0 Å². The highest BCUT2D eigenvalue weighted by Crippen LogP contribution is 2.37. The van der Waals surface area contributed by atoms with Gasteiger partial charge in [-0.3, -0.25) is 4.79 Å². The maximum atomic E-state index is 11.9. The monoisotopic (exact) mass is 262 g/mol. The minimum atomic E-state index is -2.45. The Labute approximate surface area is 105 Å². The van der Waals surface area contributed by atoms with E-state index < -0.39 is 13.0 Å². The van der Waals surface area contributed by atoms with Gasteiger partial charge in [-0.1, -0.05) is 6.42 Å².